The number of fused-ring (bicyclic) bond motifs is 1. The zero-order chi connectivity index (χ0) is 22.9. The van der Waals surface area contributed by atoms with Gasteiger partial charge in [-0.25, -0.2) is 5.43 Å². The van der Waals surface area contributed by atoms with Gasteiger partial charge in [0.15, 0.2) is 17.6 Å². The zero-order valence-corrected chi connectivity index (χ0v) is 18.9. The fourth-order valence-electron chi connectivity index (χ4n) is 3.18. The van der Waals surface area contributed by atoms with E-state index in [0.29, 0.717) is 28.7 Å². The number of amides is 1. The lowest BCUT2D eigenvalue weighted by atomic mass is 10.0. The summed E-state index contributed by atoms with van der Waals surface area (Å²) in [7, 11) is 4.60. The molecule has 0 spiro atoms. The van der Waals surface area contributed by atoms with Crippen molar-refractivity contribution in [3.63, 3.8) is 0 Å². The van der Waals surface area contributed by atoms with E-state index >= 15 is 0 Å². The number of methoxy groups -OCH3 is 3. The van der Waals surface area contributed by atoms with Crippen LogP contribution in [0.1, 0.15) is 17.2 Å². The normalized spacial score (nSPS) is 12.1. The zero-order valence-electron chi connectivity index (χ0n) is 18.1. The summed E-state index contributed by atoms with van der Waals surface area (Å²) in [4.78, 5) is 12.9. The van der Waals surface area contributed by atoms with E-state index in [2.05, 4.69) is 10.5 Å². The average molecular weight is 457 g/mol. The molecule has 1 unspecified atom stereocenters. The second kappa shape index (κ2) is 11.5. The first-order chi connectivity index (χ1) is 15.6. The van der Waals surface area contributed by atoms with Crippen molar-refractivity contribution >= 4 is 34.5 Å². The van der Waals surface area contributed by atoms with Gasteiger partial charge in [-0.3, -0.25) is 4.79 Å². The molecule has 1 N–H and O–H groups in total. The Kier molecular flexibility index (Phi) is 8.44. The molecule has 0 radical (unpaired) electrons. The molecule has 0 aliphatic carbocycles. The molecule has 0 fully saturated rings. The molecule has 0 saturated carbocycles. The molecule has 1 atom stereocenters. The van der Waals surface area contributed by atoms with Crippen LogP contribution in [-0.4, -0.2) is 46.7 Å². The highest BCUT2D eigenvalue weighted by atomic mass is 35.5. The minimum absolute atomic E-state index is 0.260. The van der Waals surface area contributed by atoms with E-state index in [4.69, 9.17) is 30.5 Å². The topological polar surface area (TPSA) is 78.4 Å². The van der Waals surface area contributed by atoms with Gasteiger partial charge in [-0.15, -0.1) is 0 Å². The largest absolute Gasteiger partial charge is 0.493 e. The number of ether oxygens (including phenoxy) is 4. The number of rotatable bonds is 10. The first-order valence-electron chi connectivity index (χ1n) is 9.91. The van der Waals surface area contributed by atoms with Crippen LogP contribution in [0.25, 0.3) is 10.8 Å². The summed E-state index contributed by atoms with van der Waals surface area (Å²) < 4.78 is 21.4. The van der Waals surface area contributed by atoms with Crippen molar-refractivity contribution in [3.8, 4) is 11.5 Å². The van der Waals surface area contributed by atoms with Crippen LogP contribution in [0.2, 0.25) is 5.02 Å². The molecule has 1 amide bonds. The Labute approximate surface area is 191 Å². The molecule has 168 valence electrons. The fraction of sp³-hybridized carbons (Fsp3) is 0.250. The third-order valence-electron chi connectivity index (χ3n) is 4.73. The van der Waals surface area contributed by atoms with Crippen LogP contribution < -0.4 is 14.9 Å². The molecular formula is C24H25ClN2O5. The fourth-order valence-corrected chi connectivity index (χ4v) is 3.48. The summed E-state index contributed by atoms with van der Waals surface area (Å²) >= 11 is 6.22. The number of hydrogen-bond acceptors (Lipinski definition) is 6. The Bertz CT molecular complexity index is 1100. The van der Waals surface area contributed by atoms with E-state index in [-0.39, 0.29) is 6.61 Å². The molecule has 8 heteroatoms. The first kappa shape index (κ1) is 23.5. The van der Waals surface area contributed by atoms with E-state index < -0.39 is 12.0 Å². The Balaban J connectivity index is 1.78. The number of carbonyl (C=O) groups is 1. The van der Waals surface area contributed by atoms with Gasteiger partial charge in [0, 0.05) is 7.11 Å². The van der Waals surface area contributed by atoms with Gasteiger partial charge in [-0.2, -0.15) is 5.10 Å². The summed E-state index contributed by atoms with van der Waals surface area (Å²) in [6.45, 7) is 0.626. The minimum Gasteiger partial charge on any atom is -0.493 e. The molecule has 0 aliphatic rings. The van der Waals surface area contributed by atoms with Crippen molar-refractivity contribution in [3.05, 3.63) is 70.7 Å². The average Bonchev–Trinajstić information content (AvgIpc) is 2.81. The van der Waals surface area contributed by atoms with Crippen LogP contribution in [0.3, 0.4) is 0 Å². The summed E-state index contributed by atoms with van der Waals surface area (Å²) in [5.41, 5.74) is 3.90. The Morgan fingerprint density at radius 1 is 1.03 bits per heavy atom. The second-order valence-corrected chi connectivity index (χ2v) is 7.23. The van der Waals surface area contributed by atoms with Crippen molar-refractivity contribution in [2.24, 2.45) is 5.10 Å². The number of nitrogens with one attached hydrogen (secondary N) is 1. The maximum atomic E-state index is 12.9. The number of benzene rings is 3. The van der Waals surface area contributed by atoms with Gasteiger partial charge in [0.1, 0.15) is 0 Å². The van der Waals surface area contributed by atoms with Crippen LogP contribution in [-0.2, 0) is 14.3 Å². The molecule has 7 nitrogen and oxygen atoms in total. The first-order valence-corrected chi connectivity index (χ1v) is 10.3. The molecule has 3 aromatic rings. The van der Waals surface area contributed by atoms with Gasteiger partial charge in [0.25, 0.3) is 5.91 Å². The number of carbonyl (C=O) groups excluding carboxylic acids is 1. The number of hydrogen-bond donors (Lipinski definition) is 1. The third kappa shape index (κ3) is 5.76. The Hall–Kier alpha value is -3.13. The smallest absolute Gasteiger partial charge is 0.273 e. The lowest BCUT2D eigenvalue weighted by molar-refractivity contribution is -0.134. The molecule has 0 aromatic heterocycles. The number of halogens is 1. The standard InChI is InChI=1S/C24H25ClN2O5/c1-29-10-11-32-22(19-9-8-17-6-4-5-7-18(17)14-19)24(28)27-26-15-16-12-20(25)23(31-3)21(13-16)30-2/h4-9,12-15,22H,10-11H2,1-3H3,(H,27,28)/b26-15+. The van der Waals surface area contributed by atoms with Crippen LogP contribution >= 0.6 is 11.6 Å². The predicted molar refractivity (Wildman–Crippen MR) is 125 cm³/mol. The predicted octanol–water partition coefficient (Wildman–Crippen LogP) is 4.36. The van der Waals surface area contributed by atoms with E-state index in [1.807, 2.05) is 42.5 Å². The molecule has 3 rings (SSSR count). The maximum Gasteiger partial charge on any atom is 0.273 e. The monoisotopic (exact) mass is 456 g/mol. The summed E-state index contributed by atoms with van der Waals surface area (Å²) in [5.74, 6) is 0.488. The van der Waals surface area contributed by atoms with E-state index in [1.54, 1.807) is 19.2 Å². The van der Waals surface area contributed by atoms with Crippen LogP contribution in [0, 0.1) is 0 Å². The molecule has 0 saturated heterocycles. The van der Waals surface area contributed by atoms with Gasteiger partial charge in [-0.1, -0.05) is 48.0 Å². The van der Waals surface area contributed by atoms with Crippen molar-refractivity contribution in [2.45, 2.75) is 6.10 Å². The highest BCUT2D eigenvalue weighted by Gasteiger charge is 2.21. The molecule has 3 aromatic carbocycles. The van der Waals surface area contributed by atoms with Gasteiger partial charge < -0.3 is 18.9 Å². The number of nitrogens with zero attached hydrogens (tertiary/aromatic N) is 1. The highest BCUT2D eigenvalue weighted by molar-refractivity contribution is 6.32. The highest BCUT2D eigenvalue weighted by Crippen LogP contribution is 2.35. The number of hydrazone groups is 1. The van der Waals surface area contributed by atoms with Crippen LogP contribution in [0.15, 0.2) is 59.7 Å². The summed E-state index contributed by atoms with van der Waals surface area (Å²) in [5, 5.41) is 6.53. The molecule has 0 bridgehead atoms. The second-order valence-electron chi connectivity index (χ2n) is 6.82. The SMILES string of the molecule is COCCOC(C(=O)N/N=C/c1cc(Cl)c(OC)c(OC)c1)c1ccc2ccccc2c1. The van der Waals surface area contributed by atoms with Gasteiger partial charge in [0.05, 0.1) is 38.7 Å². The van der Waals surface area contributed by atoms with Crippen molar-refractivity contribution < 1.29 is 23.7 Å². The molecule has 0 heterocycles. The maximum absolute atomic E-state index is 12.9. The Morgan fingerprint density at radius 2 is 1.81 bits per heavy atom. The van der Waals surface area contributed by atoms with Crippen molar-refractivity contribution in [2.75, 3.05) is 34.5 Å². The minimum atomic E-state index is -0.846. The van der Waals surface area contributed by atoms with Crippen molar-refractivity contribution in [1.29, 1.82) is 0 Å². The lowest BCUT2D eigenvalue weighted by Crippen LogP contribution is -2.28. The van der Waals surface area contributed by atoms with Crippen molar-refractivity contribution in [1.82, 2.24) is 5.43 Å². The molecular weight excluding hydrogens is 432 g/mol. The molecule has 0 aliphatic heterocycles. The van der Waals surface area contributed by atoms with Gasteiger partial charge >= 0.3 is 0 Å². The third-order valence-corrected chi connectivity index (χ3v) is 5.01. The summed E-state index contributed by atoms with van der Waals surface area (Å²) in [6, 6.07) is 17.0. The molecule has 32 heavy (non-hydrogen) atoms. The lowest BCUT2D eigenvalue weighted by Gasteiger charge is -2.17. The van der Waals surface area contributed by atoms with Crippen LogP contribution in [0.5, 0.6) is 11.5 Å². The Morgan fingerprint density at radius 3 is 2.53 bits per heavy atom. The van der Waals surface area contributed by atoms with Gasteiger partial charge in [-0.05, 0) is 40.1 Å². The van der Waals surface area contributed by atoms with E-state index in [9.17, 15) is 4.79 Å². The summed E-state index contributed by atoms with van der Waals surface area (Å²) in [6.07, 6.45) is 0.624. The van der Waals surface area contributed by atoms with Crippen LogP contribution in [0.4, 0.5) is 0 Å². The van der Waals surface area contributed by atoms with E-state index in [0.717, 1.165) is 16.3 Å². The van der Waals surface area contributed by atoms with E-state index in [1.165, 1.54) is 20.4 Å². The van der Waals surface area contributed by atoms with Gasteiger partial charge in [0.2, 0.25) is 0 Å². The quantitative estimate of drug-likeness (QED) is 0.278.